The maximum Gasteiger partial charge on any atom is 0.341 e. The molecule has 6 heteroatoms. The van der Waals surface area contributed by atoms with Gasteiger partial charge in [-0.15, -0.1) is 0 Å². The third-order valence-corrected chi connectivity index (χ3v) is 5.22. The van der Waals surface area contributed by atoms with Gasteiger partial charge >= 0.3 is 5.97 Å². The second kappa shape index (κ2) is 10.8. The number of benzene rings is 3. The molecule has 170 valence electrons. The maximum absolute atomic E-state index is 10.8. The predicted octanol–water partition coefficient (Wildman–Crippen LogP) is 5.61. The number of ether oxygens (including phenoxy) is 3. The van der Waals surface area contributed by atoms with Crippen molar-refractivity contribution in [3.63, 3.8) is 0 Å². The summed E-state index contributed by atoms with van der Waals surface area (Å²) < 4.78 is 23.3. The van der Waals surface area contributed by atoms with Gasteiger partial charge in [0.15, 0.2) is 17.9 Å². The van der Waals surface area contributed by atoms with Crippen molar-refractivity contribution in [1.29, 1.82) is 0 Å². The molecule has 0 saturated heterocycles. The SMILES string of the molecule is CC(COC(c1ccccc1)c1ccccc1)OCc1coc2c(OCC(=O)O)cccc12. The van der Waals surface area contributed by atoms with Crippen molar-refractivity contribution in [2.75, 3.05) is 13.2 Å². The highest BCUT2D eigenvalue weighted by Crippen LogP contribution is 2.31. The summed E-state index contributed by atoms with van der Waals surface area (Å²) >= 11 is 0. The lowest BCUT2D eigenvalue weighted by Gasteiger charge is -2.21. The zero-order valence-electron chi connectivity index (χ0n) is 18.3. The Hall–Kier alpha value is -3.61. The number of para-hydroxylation sites is 1. The van der Waals surface area contributed by atoms with Gasteiger partial charge in [-0.3, -0.25) is 0 Å². The van der Waals surface area contributed by atoms with Gasteiger partial charge in [0.05, 0.1) is 25.6 Å². The molecule has 33 heavy (non-hydrogen) atoms. The largest absolute Gasteiger partial charge is 0.479 e. The molecule has 1 N–H and O–H groups in total. The summed E-state index contributed by atoms with van der Waals surface area (Å²) in [4.78, 5) is 10.8. The molecule has 0 amide bonds. The molecule has 1 atom stereocenters. The topological polar surface area (TPSA) is 78.1 Å². The molecular formula is C27H26O6. The van der Waals surface area contributed by atoms with Crippen LogP contribution in [0.15, 0.2) is 89.5 Å². The van der Waals surface area contributed by atoms with E-state index in [0.29, 0.717) is 24.5 Å². The van der Waals surface area contributed by atoms with Crippen molar-refractivity contribution < 1.29 is 28.5 Å². The van der Waals surface area contributed by atoms with Crippen LogP contribution in [0, 0.1) is 0 Å². The maximum atomic E-state index is 10.8. The monoisotopic (exact) mass is 446 g/mol. The number of carbonyl (C=O) groups is 1. The minimum absolute atomic E-state index is 0.156. The molecule has 0 aliphatic heterocycles. The molecule has 0 saturated carbocycles. The molecule has 0 bridgehead atoms. The summed E-state index contributed by atoms with van der Waals surface area (Å²) in [7, 11) is 0. The highest BCUT2D eigenvalue weighted by Gasteiger charge is 2.17. The molecule has 1 aromatic heterocycles. The molecule has 0 fully saturated rings. The van der Waals surface area contributed by atoms with E-state index in [1.165, 1.54) is 0 Å². The number of hydrogen-bond acceptors (Lipinski definition) is 5. The van der Waals surface area contributed by atoms with Gasteiger partial charge in [-0.05, 0) is 24.1 Å². The Bertz CT molecular complexity index is 1130. The summed E-state index contributed by atoms with van der Waals surface area (Å²) in [5.74, 6) is -0.647. The fourth-order valence-corrected chi connectivity index (χ4v) is 3.60. The quantitative estimate of drug-likeness (QED) is 0.323. The van der Waals surface area contributed by atoms with E-state index in [0.717, 1.165) is 22.1 Å². The molecule has 0 aliphatic rings. The van der Waals surface area contributed by atoms with E-state index in [2.05, 4.69) is 24.3 Å². The molecule has 0 radical (unpaired) electrons. The third kappa shape index (κ3) is 5.80. The van der Waals surface area contributed by atoms with E-state index < -0.39 is 12.6 Å². The lowest BCUT2D eigenvalue weighted by Crippen LogP contribution is -2.19. The molecule has 4 rings (SSSR count). The van der Waals surface area contributed by atoms with Crippen LogP contribution in [0.25, 0.3) is 11.0 Å². The van der Waals surface area contributed by atoms with E-state index >= 15 is 0 Å². The van der Waals surface area contributed by atoms with Crippen LogP contribution < -0.4 is 4.74 Å². The van der Waals surface area contributed by atoms with Crippen molar-refractivity contribution in [3.05, 3.63) is 102 Å². The molecule has 0 spiro atoms. The zero-order valence-corrected chi connectivity index (χ0v) is 18.3. The lowest BCUT2D eigenvalue weighted by atomic mass is 10.0. The van der Waals surface area contributed by atoms with E-state index in [1.807, 2.05) is 49.4 Å². The Labute approximate surface area is 192 Å². The Morgan fingerprint density at radius 1 is 0.909 bits per heavy atom. The highest BCUT2D eigenvalue weighted by atomic mass is 16.5. The van der Waals surface area contributed by atoms with Gasteiger partial charge in [0.25, 0.3) is 0 Å². The number of furan rings is 1. The van der Waals surface area contributed by atoms with Crippen LogP contribution in [0.4, 0.5) is 0 Å². The molecule has 1 heterocycles. The van der Waals surface area contributed by atoms with Gasteiger partial charge in [0.2, 0.25) is 0 Å². The number of rotatable bonds is 11. The first-order valence-electron chi connectivity index (χ1n) is 10.8. The summed E-state index contributed by atoms with van der Waals surface area (Å²) in [5.41, 5.74) is 3.55. The molecular weight excluding hydrogens is 420 g/mol. The van der Waals surface area contributed by atoms with Crippen molar-refractivity contribution in [1.82, 2.24) is 0 Å². The van der Waals surface area contributed by atoms with Crippen LogP contribution in [-0.2, 0) is 20.9 Å². The summed E-state index contributed by atoms with van der Waals surface area (Å²) in [6.07, 6.45) is 1.28. The van der Waals surface area contributed by atoms with E-state index in [4.69, 9.17) is 23.7 Å². The lowest BCUT2D eigenvalue weighted by molar-refractivity contribution is -0.139. The van der Waals surface area contributed by atoms with Gasteiger partial charge in [0.1, 0.15) is 6.10 Å². The predicted molar refractivity (Wildman–Crippen MR) is 124 cm³/mol. The second-order valence-electron chi connectivity index (χ2n) is 7.73. The van der Waals surface area contributed by atoms with Crippen LogP contribution in [0.5, 0.6) is 5.75 Å². The van der Waals surface area contributed by atoms with Crippen LogP contribution in [0.3, 0.4) is 0 Å². The molecule has 0 aliphatic carbocycles. The average molecular weight is 446 g/mol. The van der Waals surface area contributed by atoms with Gasteiger partial charge in [-0.1, -0.05) is 72.8 Å². The minimum atomic E-state index is -1.04. The Balaban J connectivity index is 1.39. The first kappa shape index (κ1) is 22.6. The van der Waals surface area contributed by atoms with E-state index in [-0.39, 0.29) is 12.2 Å². The van der Waals surface area contributed by atoms with E-state index in [9.17, 15) is 4.79 Å². The first-order valence-corrected chi connectivity index (χ1v) is 10.8. The molecule has 4 aromatic rings. The van der Waals surface area contributed by atoms with Crippen LogP contribution in [0.2, 0.25) is 0 Å². The van der Waals surface area contributed by atoms with Crippen LogP contribution in [-0.4, -0.2) is 30.4 Å². The standard InChI is InChI=1S/C27H26O6/c1-19(15-32-26(20-9-4-2-5-10-20)21-11-6-3-7-12-21)30-16-22-17-33-27-23(22)13-8-14-24(27)31-18-25(28)29/h2-14,17,19,26H,15-16,18H2,1H3,(H,28,29). The van der Waals surface area contributed by atoms with Gasteiger partial charge < -0.3 is 23.7 Å². The summed E-state index contributed by atoms with van der Waals surface area (Å²) in [6.45, 7) is 2.29. The van der Waals surface area contributed by atoms with Gasteiger partial charge in [0, 0.05) is 10.9 Å². The number of hydrogen-bond donors (Lipinski definition) is 1. The summed E-state index contributed by atoms with van der Waals surface area (Å²) in [6, 6.07) is 25.6. The fraction of sp³-hybridized carbons (Fsp3) is 0.222. The first-order chi connectivity index (χ1) is 16.1. The van der Waals surface area contributed by atoms with Crippen LogP contribution >= 0.6 is 0 Å². The number of carboxylic acids is 1. The Morgan fingerprint density at radius 3 is 2.21 bits per heavy atom. The fourth-order valence-electron chi connectivity index (χ4n) is 3.60. The molecule has 3 aromatic carbocycles. The van der Waals surface area contributed by atoms with Crippen molar-refractivity contribution in [2.24, 2.45) is 0 Å². The van der Waals surface area contributed by atoms with Crippen molar-refractivity contribution in [2.45, 2.75) is 25.7 Å². The van der Waals surface area contributed by atoms with Gasteiger partial charge in [-0.2, -0.15) is 0 Å². The zero-order chi connectivity index (χ0) is 23.0. The average Bonchev–Trinajstić information content (AvgIpc) is 3.26. The molecule has 1 unspecified atom stereocenters. The third-order valence-electron chi connectivity index (χ3n) is 5.22. The number of aliphatic carboxylic acids is 1. The van der Waals surface area contributed by atoms with Crippen molar-refractivity contribution >= 4 is 16.9 Å². The minimum Gasteiger partial charge on any atom is -0.479 e. The number of carboxylic acid groups (broad SMARTS) is 1. The second-order valence-corrected chi connectivity index (χ2v) is 7.73. The Kier molecular flexibility index (Phi) is 7.40. The smallest absolute Gasteiger partial charge is 0.341 e. The highest BCUT2D eigenvalue weighted by molar-refractivity contribution is 5.86. The number of fused-ring (bicyclic) bond motifs is 1. The van der Waals surface area contributed by atoms with E-state index in [1.54, 1.807) is 18.4 Å². The van der Waals surface area contributed by atoms with Crippen molar-refractivity contribution in [3.8, 4) is 5.75 Å². The molecule has 6 nitrogen and oxygen atoms in total. The van der Waals surface area contributed by atoms with Crippen LogP contribution in [0.1, 0.15) is 29.7 Å². The normalized spacial score (nSPS) is 12.2. The van der Waals surface area contributed by atoms with Gasteiger partial charge in [-0.25, -0.2) is 4.79 Å². The summed E-state index contributed by atoms with van der Waals surface area (Å²) in [5, 5.41) is 9.68. The Morgan fingerprint density at radius 2 is 1.58 bits per heavy atom.